The van der Waals surface area contributed by atoms with Crippen molar-refractivity contribution >= 4 is 11.8 Å². The highest BCUT2D eigenvalue weighted by Gasteiger charge is 2.28. The number of benzene rings is 1. The summed E-state index contributed by atoms with van der Waals surface area (Å²) in [6, 6.07) is 2.94. The summed E-state index contributed by atoms with van der Waals surface area (Å²) in [5, 5.41) is 2.91. The molecular weight excluding hydrogens is 354 g/mol. The van der Waals surface area contributed by atoms with Gasteiger partial charge in [-0.15, -0.1) is 0 Å². The average molecular weight is 382 g/mol. The number of piperidine rings is 1. The molecule has 2 rings (SSSR count). The Morgan fingerprint density at radius 2 is 1.96 bits per heavy atom. The average Bonchev–Trinajstić information content (AvgIpc) is 2.64. The highest BCUT2D eigenvalue weighted by molar-refractivity contribution is 5.94. The molecule has 0 aromatic heterocycles. The van der Waals surface area contributed by atoms with E-state index in [1.807, 2.05) is 0 Å². The van der Waals surface area contributed by atoms with E-state index in [1.54, 1.807) is 0 Å². The zero-order chi connectivity index (χ0) is 19.8. The van der Waals surface area contributed by atoms with Crippen LogP contribution in [0.1, 0.15) is 43.5 Å². The summed E-state index contributed by atoms with van der Waals surface area (Å²) in [5.41, 5.74) is -0.138. The molecule has 1 fully saturated rings. The lowest BCUT2D eigenvalue weighted by atomic mass is 9.95. The van der Waals surface area contributed by atoms with Crippen LogP contribution in [0.15, 0.2) is 18.2 Å². The van der Waals surface area contributed by atoms with Gasteiger partial charge in [0.05, 0.1) is 5.56 Å². The van der Waals surface area contributed by atoms with Crippen LogP contribution in [-0.4, -0.2) is 49.6 Å². The van der Waals surface area contributed by atoms with Crippen LogP contribution in [0, 0.1) is 23.5 Å². The summed E-state index contributed by atoms with van der Waals surface area (Å²) in [7, 11) is 0. The van der Waals surface area contributed by atoms with Crippen molar-refractivity contribution < 1.29 is 23.1 Å². The van der Waals surface area contributed by atoms with Crippen molar-refractivity contribution in [1.29, 1.82) is 0 Å². The first-order valence-corrected chi connectivity index (χ1v) is 9.48. The van der Waals surface area contributed by atoms with Crippen LogP contribution >= 0.6 is 0 Å². The lowest BCUT2D eigenvalue weighted by Gasteiger charge is -2.31. The maximum absolute atomic E-state index is 13.8. The van der Waals surface area contributed by atoms with Gasteiger partial charge in [-0.3, -0.25) is 9.59 Å². The molecule has 0 spiro atoms. The van der Waals surface area contributed by atoms with Crippen LogP contribution in [0.3, 0.4) is 0 Å². The van der Waals surface area contributed by atoms with E-state index in [-0.39, 0.29) is 17.4 Å². The van der Waals surface area contributed by atoms with Gasteiger partial charge in [-0.25, -0.2) is 8.78 Å². The minimum absolute atomic E-state index is 0.0149. The first-order valence-electron chi connectivity index (χ1n) is 9.48. The van der Waals surface area contributed by atoms with Gasteiger partial charge in [0.1, 0.15) is 11.6 Å². The zero-order valence-corrected chi connectivity index (χ0v) is 16.0. The molecule has 7 heteroatoms. The van der Waals surface area contributed by atoms with Gasteiger partial charge in [0, 0.05) is 44.8 Å². The molecule has 0 unspecified atom stereocenters. The number of carbonyl (C=O) groups is 2. The van der Waals surface area contributed by atoms with Gasteiger partial charge in [-0.05, 0) is 37.3 Å². The molecule has 2 amide bonds. The Labute approximate surface area is 159 Å². The Bertz CT molecular complexity index is 644. The van der Waals surface area contributed by atoms with Crippen LogP contribution in [0.5, 0.6) is 0 Å². The molecule has 1 aliphatic heterocycles. The van der Waals surface area contributed by atoms with E-state index in [2.05, 4.69) is 19.2 Å². The Morgan fingerprint density at radius 1 is 1.26 bits per heavy atom. The van der Waals surface area contributed by atoms with Crippen molar-refractivity contribution in [2.75, 3.05) is 32.8 Å². The number of nitrogens with zero attached hydrogens (tertiary/aromatic N) is 1. The molecule has 27 heavy (non-hydrogen) atoms. The third kappa shape index (κ3) is 6.57. The van der Waals surface area contributed by atoms with Crippen molar-refractivity contribution in [3.63, 3.8) is 0 Å². The van der Waals surface area contributed by atoms with Crippen LogP contribution in [0.4, 0.5) is 8.78 Å². The molecule has 5 nitrogen and oxygen atoms in total. The standard InChI is InChI=1S/C20H28F2N2O3/c1-14(2)13-27-11-3-8-23-19(25)15-6-9-24(10-7-15)20(26)17-5-4-16(21)12-18(17)22/h4-5,12,14-15H,3,6-11,13H2,1-2H3,(H,23,25). The zero-order valence-electron chi connectivity index (χ0n) is 16.0. The lowest BCUT2D eigenvalue weighted by Crippen LogP contribution is -2.43. The van der Waals surface area contributed by atoms with Crippen LogP contribution in [0.2, 0.25) is 0 Å². The Kier molecular flexibility index (Phi) is 8.16. The fourth-order valence-corrected chi connectivity index (χ4v) is 3.03. The third-order valence-electron chi connectivity index (χ3n) is 4.53. The number of likely N-dealkylation sites (tertiary alicyclic amines) is 1. The van der Waals surface area contributed by atoms with E-state index in [1.165, 1.54) is 4.90 Å². The number of nitrogens with one attached hydrogen (secondary N) is 1. The molecule has 1 aromatic rings. The minimum Gasteiger partial charge on any atom is -0.381 e. The molecular formula is C20H28F2N2O3. The molecule has 0 radical (unpaired) electrons. The van der Waals surface area contributed by atoms with E-state index in [0.29, 0.717) is 51.1 Å². The van der Waals surface area contributed by atoms with E-state index < -0.39 is 17.5 Å². The predicted octanol–water partition coefficient (Wildman–Crippen LogP) is 3.00. The van der Waals surface area contributed by atoms with Crippen LogP contribution in [-0.2, 0) is 9.53 Å². The first kappa shape index (κ1) is 21.3. The van der Waals surface area contributed by atoms with Gasteiger partial charge in [-0.1, -0.05) is 13.8 Å². The van der Waals surface area contributed by atoms with Gasteiger partial charge in [0.25, 0.3) is 5.91 Å². The second-order valence-electron chi connectivity index (χ2n) is 7.30. The maximum Gasteiger partial charge on any atom is 0.256 e. The fraction of sp³-hybridized carbons (Fsp3) is 0.600. The highest BCUT2D eigenvalue weighted by Crippen LogP contribution is 2.20. The summed E-state index contributed by atoms with van der Waals surface area (Å²) in [4.78, 5) is 26.1. The molecule has 1 aliphatic rings. The topological polar surface area (TPSA) is 58.6 Å². The molecule has 0 aliphatic carbocycles. The van der Waals surface area contributed by atoms with Gasteiger partial charge >= 0.3 is 0 Å². The number of carbonyl (C=O) groups excluding carboxylic acids is 2. The molecule has 1 heterocycles. The number of amides is 2. The first-order chi connectivity index (χ1) is 12.9. The SMILES string of the molecule is CC(C)COCCCNC(=O)C1CCN(C(=O)c2ccc(F)cc2F)CC1. The summed E-state index contributed by atoms with van der Waals surface area (Å²) >= 11 is 0. The van der Waals surface area contributed by atoms with Gasteiger partial charge in [0.15, 0.2) is 0 Å². The normalized spacial score (nSPS) is 15.2. The second kappa shape index (κ2) is 10.3. The number of hydrogen-bond donors (Lipinski definition) is 1. The molecule has 0 atom stereocenters. The van der Waals surface area contributed by atoms with Gasteiger partial charge in [0.2, 0.25) is 5.91 Å². The number of hydrogen-bond acceptors (Lipinski definition) is 3. The quantitative estimate of drug-likeness (QED) is 0.703. The van der Waals surface area contributed by atoms with Crippen molar-refractivity contribution in [3.8, 4) is 0 Å². The number of rotatable bonds is 8. The largest absolute Gasteiger partial charge is 0.381 e. The van der Waals surface area contributed by atoms with Gasteiger partial charge < -0.3 is 15.0 Å². The smallest absolute Gasteiger partial charge is 0.256 e. The van der Waals surface area contributed by atoms with E-state index >= 15 is 0 Å². The molecule has 0 bridgehead atoms. The second-order valence-corrected chi connectivity index (χ2v) is 7.30. The van der Waals surface area contributed by atoms with Gasteiger partial charge in [-0.2, -0.15) is 0 Å². The van der Waals surface area contributed by atoms with E-state index in [0.717, 1.165) is 25.2 Å². The monoisotopic (exact) mass is 382 g/mol. The van der Waals surface area contributed by atoms with Crippen LogP contribution in [0.25, 0.3) is 0 Å². The Hall–Kier alpha value is -2.02. The third-order valence-corrected chi connectivity index (χ3v) is 4.53. The van der Waals surface area contributed by atoms with E-state index in [9.17, 15) is 18.4 Å². The Balaban J connectivity index is 1.71. The maximum atomic E-state index is 13.8. The lowest BCUT2D eigenvalue weighted by molar-refractivity contribution is -0.126. The predicted molar refractivity (Wildman–Crippen MR) is 98.3 cm³/mol. The minimum atomic E-state index is -0.862. The highest BCUT2D eigenvalue weighted by atomic mass is 19.1. The van der Waals surface area contributed by atoms with Crippen LogP contribution < -0.4 is 5.32 Å². The van der Waals surface area contributed by atoms with E-state index in [4.69, 9.17) is 4.74 Å². The van der Waals surface area contributed by atoms with Crippen molar-refractivity contribution in [1.82, 2.24) is 10.2 Å². The van der Waals surface area contributed by atoms with Crippen molar-refractivity contribution in [3.05, 3.63) is 35.4 Å². The van der Waals surface area contributed by atoms with Crippen molar-refractivity contribution in [2.45, 2.75) is 33.1 Å². The molecule has 1 aromatic carbocycles. The van der Waals surface area contributed by atoms with Crippen molar-refractivity contribution in [2.24, 2.45) is 11.8 Å². The molecule has 150 valence electrons. The molecule has 1 saturated heterocycles. The molecule has 0 saturated carbocycles. The summed E-state index contributed by atoms with van der Waals surface area (Å²) < 4.78 is 32.2. The molecule has 1 N–H and O–H groups in total. The number of ether oxygens (including phenoxy) is 1. The fourth-order valence-electron chi connectivity index (χ4n) is 3.03. The summed E-state index contributed by atoms with van der Waals surface area (Å²) in [5.74, 6) is -1.71. The number of halogens is 2. The Morgan fingerprint density at radius 3 is 2.59 bits per heavy atom. The summed E-state index contributed by atoms with van der Waals surface area (Å²) in [6.45, 7) is 6.84. The summed E-state index contributed by atoms with van der Waals surface area (Å²) in [6.07, 6.45) is 1.83.